The van der Waals surface area contributed by atoms with Gasteiger partial charge in [-0.05, 0) is 24.8 Å². The van der Waals surface area contributed by atoms with Gasteiger partial charge >= 0.3 is 0 Å². The standard InChI is InChI=1S/C9H12N2S/c1-6-3-8-7(10-5-6)4-9(11-8)12-2/h3-5,7-8,11H,1-2H3. The Bertz CT molecular complexity index is 278. The molecule has 2 aliphatic heterocycles. The van der Waals surface area contributed by atoms with Gasteiger partial charge in [0.1, 0.15) is 0 Å². The van der Waals surface area contributed by atoms with E-state index >= 15 is 0 Å². The zero-order valence-electron chi connectivity index (χ0n) is 7.24. The van der Waals surface area contributed by atoms with E-state index < -0.39 is 0 Å². The van der Waals surface area contributed by atoms with Gasteiger partial charge in [-0.15, -0.1) is 11.8 Å². The van der Waals surface area contributed by atoms with E-state index in [-0.39, 0.29) is 0 Å². The maximum atomic E-state index is 4.43. The summed E-state index contributed by atoms with van der Waals surface area (Å²) >= 11 is 1.75. The number of nitrogens with zero attached hydrogens (tertiary/aromatic N) is 1. The summed E-state index contributed by atoms with van der Waals surface area (Å²) in [5.41, 5.74) is 1.25. The van der Waals surface area contributed by atoms with Crippen LogP contribution in [0.25, 0.3) is 0 Å². The zero-order valence-corrected chi connectivity index (χ0v) is 8.06. The van der Waals surface area contributed by atoms with Gasteiger partial charge in [-0.25, -0.2) is 0 Å². The Labute approximate surface area is 76.8 Å². The fraction of sp³-hybridized carbons (Fsp3) is 0.444. The number of rotatable bonds is 1. The second-order valence-corrected chi connectivity index (χ2v) is 3.93. The molecule has 0 amide bonds. The van der Waals surface area contributed by atoms with Crippen molar-refractivity contribution in [2.24, 2.45) is 4.99 Å². The van der Waals surface area contributed by atoms with E-state index in [0.29, 0.717) is 12.1 Å². The molecule has 3 heteroatoms. The second-order valence-electron chi connectivity index (χ2n) is 3.08. The van der Waals surface area contributed by atoms with Crippen LogP contribution in [0.1, 0.15) is 6.92 Å². The average Bonchev–Trinajstić information content (AvgIpc) is 2.46. The first-order valence-electron chi connectivity index (χ1n) is 4.03. The molecule has 2 atom stereocenters. The van der Waals surface area contributed by atoms with Gasteiger partial charge in [0.25, 0.3) is 0 Å². The van der Waals surface area contributed by atoms with Crippen LogP contribution < -0.4 is 5.32 Å². The molecule has 2 aliphatic rings. The predicted molar refractivity (Wildman–Crippen MR) is 54.6 cm³/mol. The number of dihydropyridines is 1. The van der Waals surface area contributed by atoms with E-state index in [2.05, 4.69) is 35.6 Å². The molecular weight excluding hydrogens is 168 g/mol. The fourth-order valence-electron chi connectivity index (χ4n) is 1.49. The lowest BCUT2D eigenvalue weighted by Crippen LogP contribution is -2.30. The summed E-state index contributed by atoms with van der Waals surface area (Å²) in [5, 5.41) is 4.65. The molecule has 0 radical (unpaired) electrons. The molecule has 0 saturated carbocycles. The Kier molecular flexibility index (Phi) is 1.97. The topological polar surface area (TPSA) is 24.4 Å². The van der Waals surface area contributed by atoms with Gasteiger partial charge in [-0.1, -0.05) is 6.08 Å². The molecule has 12 heavy (non-hydrogen) atoms. The molecule has 2 nitrogen and oxygen atoms in total. The molecule has 0 aromatic carbocycles. The third kappa shape index (κ3) is 1.29. The van der Waals surface area contributed by atoms with Crippen molar-refractivity contribution in [2.75, 3.05) is 6.26 Å². The number of fused-ring (bicyclic) bond motifs is 1. The molecule has 0 saturated heterocycles. The first-order valence-corrected chi connectivity index (χ1v) is 5.26. The quantitative estimate of drug-likeness (QED) is 0.662. The minimum absolute atomic E-state index is 0.330. The first kappa shape index (κ1) is 7.92. The molecule has 0 aliphatic carbocycles. The smallest absolute Gasteiger partial charge is 0.0945 e. The van der Waals surface area contributed by atoms with Gasteiger partial charge in [-0.3, -0.25) is 4.99 Å². The van der Waals surface area contributed by atoms with E-state index in [1.54, 1.807) is 11.8 Å². The summed E-state index contributed by atoms with van der Waals surface area (Å²) in [7, 11) is 0. The van der Waals surface area contributed by atoms with Crippen LogP contribution >= 0.6 is 11.8 Å². The summed E-state index contributed by atoms with van der Waals surface area (Å²) in [4.78, 5) is 4.43. The summed E-state index contributed by atoms with van der Waals surface area (Å²) in [5.74, 6) is 0. The Morgan fingerprint density at radius 3 is 3.08 bits per heavy atom. The monoisotopic (exact) mass is 180 g/mol. The number of nitrogens with one attached hydrogen (secondary N) is 1. The van der Waals surface area contributed by atoms with Crippen molar-refractivity contribution in [1.29, 1.82) is 0 Å². The summed E-state index contributed by atoms with van der Waals surface area (Å²) in [6.07, 6.45) is 8.45. The SMILES string of the molecule is CSC1=CC2N=CC(C)=CC2N1. The summed E-state index contributed by atoms with van der Waals surface area (Å²) in [6, 6.07) is 0.730. The third-order valence-electron chi connectivity index (χ3n) is 2.11. The molecule has 0 aromatic rings. The molecule has 2 rings (SSSR count). The number of aliphatic imine (C=N–C) groups is 1. The van der Waals surface area contributed by atoms with Gasteiger partial charge in [0.15, 0.2) is 0 Å². The summed E-state index contributed by atoms with van der Waals surface area (Å²) < 4.78 is 0. The van der Waals surface area contributed by atoms with Gasteiger partial charge in [0, 0.05) is 6.21 Å². The third-order valence-corrected chi connectivity index (χ3v) is 2.81. The Morgan fingerprint density at radius 2 is 2.33 bits per heavy atom. The van der Waals surface area contributed by atoms with Crippen molar-refractivity contribution in [3.05, 3.63) is 22.8 Å². The maximum Gasteiger partial charge on any atom is 0.0945 e. The zero-order chi connectivity index (χ0) is 8.55. The molecular formula is C9H12N2S. The highest BCUT2D eigenvalue weighted by atomic mass is 32.2. The van der Waals surface area contributed by atoms with Gasteiger partial charge in [0.2, 0.25) is 0 Å². The molecule has 64 valence electrons. The molecule has 0 spiro atoms. The van der Waals surface area contributed by atoms with E-state index in [1.165, 1.54) is 10.6 Å². The van der Waals surface area contributed by atoms with E-state index in [9.17, 15) is 0 Å². The van der Waals surface area contributed by atoms with Crippen LogP contribution in [0.2, 0.25) is 0 Å². The largest absolute Gasteiger partial charge is 0.371 e. The minimum Gasteiger partial charge on any atom is -0.371 e. The maximum absolute atomic E-state index is 4.43. The van der Waals surface area contributed by atoms with Crippen LogP contribution in [0.4, 0.5) is 0 Å². The van der Waals surface area contributed by atoms with Crippen LogP contribution in [0.3, 0.4) is 0 Å². The second kappa shape index (κ2) is 2.98. The highest BCUT2D eigenvalue weighted by molar-refractivity contribution is 8.02. The van der Waals surface area contributed by atoms with Crippen LogP contribution in [-0.2, 0) is 0 Å². The van der Waals surface area contributed by atoms with E-state index in [0.717, 1.165) is 0 Å². The minimum atomic E-state index is 0.330. The van der Waals surface area contributed by atoms with Crippen molar-refractivity contribution in [3.63, 3.8) is 0 Å². The van der Waals surface area contributed by atoms with Gasteiger partial charge in [0.05, 0.1) is 17.1 Å². The van der Waals surface area contributed by atoms with Crippen LogP contribution in [0, 0.1) is 0 Å². The lowest BCUT2D eigenvalue weighted by atomic mass is 10.1. The molecule has 0 fully saturated rings. The van der Waals surface area contributed by atoms with E-state index in [1.807, 2.05) is 6.21 Å². The Balaban J connectivity index is 2.18. The van der Waals surface area contributed by atoms with Crippen LogP contribution in [0.5, 0.6) is 0 Å². The molecule has 2 unspecified atom stereocenters. The van der Waals surface area contributed by atoms with E-state index in [4.69, 9.17) is 0 Å². The van der Waals surface area contributed by atoms with Crippen molar-refractivity contribution < 1.29 is 0 Å². The number of allylic oxidation sites excluding steroid dienone is 1. The number of hydrogen-bond donors (Lipinski definition) is 1. The predicted octanol–water partition coefficient (Wildman–Crippen LogP) is 1.56. The molecule has 1 N–H and O–H groups in total. The van der Waals surface area contributed by atoms with Crippen molar-refractivity contribution >= 4 is 18.0 Å². The highest BCUT2D eigenvalue weighted by Gasteiger charge is 2.25. The van der Waals surface area contributed by atoms with Crippen LogP contribution in [0.15, 0.2) is 27.7 Å². The number of hydrogen-bond acceptors (Lipinski definition) is 3. The van der Waals surface area contributed by atoms with Gasteiger partial charge in [-0.2, -0.15) is 0 Å². The summed E-state index contributed by atoms with van der Waals surface area (Å²) in [6.45, 7) is 2.08. The normalized spacial score (nSPS) is 32.2. The Hall–Kier alpha value is -0.700. The number of thioether (sulfide) groups is 1. The van der Waals surface area contributed by atoms with Crippen molar-refractivity contribution in [1.82, 2.24) is 5.32 Å². The highest BCUT2D eigenvalue weighted by Crippen LogP contribution is 2.23. The fourth-order valence-corrected chi connectivity index (χ4v) is 2.02. The lowest BCUT2D eigenvalue weighted by Gasteiger charge is -2.17. The van der Waals surface area contributed by atoms with Crippen molar-refractivity contribution in [3.8, 4) is 0 Å². The Morgan fingerprint density at radius 1 is 1.50 bits per heavy atom. The van der Waals surface area contributed by atoms with Crippen molar-refractivity contribution in [2.45, 2.75) is 19.0 Å². The molecule has 2 heterocycles. The molecule has 0 bridgehead atoms. The average molecular weight is 180 g/mol. The van der Waals surface area contributed by atoms with Gasteiger partial charge < -0.3 is 5.32 Å². The lowest BCUT2D eigenvalue weighted by molar-refractivity contribution is 0.660. The first-order chi connectivity index (χ1) is 5.79. The molecule has 0 aromatic heterocycles. The van der Waals surface area contributed by atoms with Crippen LogP contribution in [-0.4, -0.2) is 24.6 Å².